The Labute approximate surface area is 146 Å². The number of methoxy groups -OCH3 is 1. The number of rotatable bonds is 4. The smallest absolute Gasteiger partial charge is 0.322 e. The van der Waals surface area contributed by atoms with Gasteiger partial charge in [0.05, 0.1) is 17.9 Å². The third-order valence-corrected chi connectivity index (χ3v) is 4.34. The van der Waals surface area contributed by atoms with E-state index in [1.54, 1.807) is 24.4 Å². The molecule has 1 saturated heterocycles. The van der Waals surface area contributed by atoms with Crippen molar-refractivity contribution in [2.75, 3.05) is 19.0 Å². The Morgan fingerprint density at radius 2 is 2.32 bits per heavy atom. The number of urea groups is 1. The maximum atomic E-state index is 12.9. The quantitative estimate of drug-likeness (QED) is 0.915. The lowest BCUT2D eigenvalue weighted by Crippen LogP contribution is -2.38. The standard InChI is InChI=1S/C17H23N5O3/c1-12-7-8-18-10-13(12)19-17(23)22-9-5-3-4-6-14(22)16-20-15(11-24-2)25-21-16/h7-8,10,14H,3-6,9,11H2,1-2H3,(H,19,23)/t14-/m0/s1. The Hall–Kier alpha value is -2.48. The summed E-state index contributed by atoms with van der Waals surface area (Å²) in [6, 6.07) is 1.50. The number of carbonyl (C=O) groups is 1. The number of hydrogen-bond donors (Lipinski definition) is 1. The number of likely N-dealkylation sites (tertiary alicyclic amines) is 1. The minimum atomic E-state index is -0.200. The van der Waals surface area contributed by atoms with Gasteiger partial charge in [0.1, 0.15) is 6.61 Å². The van der Waals surface area contributed by atoms with Crippen LogP contribution in [0.3, 0.4) is 0 Å². The van der Waals surface area contributed by atoms with Crippen LogP contribution in [0.1, 0.15) is 49.0 Å². The van der Waals surface area contributed by atoms with Gasteiger partial charge in [-0.2, -0.15) is 4.98 Å². The Morgan fingerprint density at radius 1 is 1.44 bits per heavy atom. The molecule has 0 bridgehead atoms. The first kappa shape index (κ1) is 17.3. The second kappa shape index (κ2) is 8.06. The Kier molecular flexibility index (Phi) is 5.60. The van der Waals surface area contributed by atoms with Crippen molar-refractivity contribution in [3.05, 3.63) is 35.7 Å². The summed E-state index contributed by atoms with van der Waals surface area (Å²) in [5.41, 5.74) is 1.68. The van der Waals surface area contributed by atoms with Crippen LogP contribution < -0.4 is 5.32 Å². The normalized spacial score (nSPS) is 18.0. The van der Waals surface area contributed by atoms with Gasteiger partial charge in [0, 0.05) is 19.9 Å². The molecule has 134 valence electrons. The van der Waals surface area contributed by atoms with Crippen LogP contribution in [0.5, 0.6) is 0 Å². The molecule has 2 aromatic heterocycles. The van der Waals surface area contributed by atoms with Crippen molar-refractivity contribution in [2.24, 2.45) is 0 Å². The zero-order valence-electron chi connectivity index (χ0n) is 14.6. The Morgan fingerprint density at radius 3 is 3.12 bits per heavy atom. The molecule has 1 aliphatic rings. The van der Waals surface area contributed by atoms with Gasteiger partial charge < -0.3 is 19.5 Å². The average Bonchev–Trinajstić information content (AvgIpc) is 2.92. The van der Waals surface area contributed by atoms with Crippen molar-refractivity contribution in [3.8, 4) is 0 Å². The monoisotopic (exact) mass is 345 g/mol. The van der Waals surface area contributed by atoms with Gasteiger partial charge in [0.25, 0.3) is 5.89 Å². The molecule has 2 amide bonds. The van der Waals surface area contributed by atoms with Crippen LogP contribution in [-0.2, 0) is 11.3 Å². The van der Waals surface area contributed by atoms with Gasteiger partial charge in [-0.1, -0.05) is 18.0 Å². The van der Waals surface area contributed by atoms with Gasteiger partial charge in [0.15, 0.2) is 5.82 Å². The SMILES string of the molecule is COCc1nc([C@@H]2CCCCCN2C(=O)Nc2cnccc2C)no1. The van der Waals surface area contributed by atoms with E-state index in [0.717, 1.165) is 31.2 Å². The number of carbonyl (C=O) groups excluding carboxylic acids is 1. The van der Waals surface area contributed by atoms with Crippen LogP contribution in [0.4, 0.5) is 10.5 Å². The van der Waals surface area contributed by atoms with Crippen molar-refractivity contribution in [2.45, 2.75) is 45.3 Å². The van der Waals surface area contributed by atoms with E-state index in [4.69, 9.17) is 9.26 Å². The van der Waals surface area contributed by atoms with E-state index in [2.05, 4.69) is 20.4 Å². The van der Waals surface area contributed by atoms with E-state index in [-0.39, 0.29) is 18.7 Å². The summed E-state index contributed by atoms with van der Waals surface area (Å²) in [6.45, 7) is 2.86. The molecule has 0 aliphatic carbocycles. The van der Waals surface area contributed by atoms with Crippen molar-refractivity contribution < 1.29 is 14.1 Å². The highest BCUT2D eigenvalue weighted by Crippen LogP contribution is 2.29. The molecule has 0 saturated carbocycles. The number of hydrogen-bond acceptors (Lipinski definition) is 6. The molecular formula is C17H23N5O3. The van der Waals surface area contributed by atoms with Crippen LogP contribution in [0.15, 0.2) is 23.0 Å². The van der Waals surface area contributed by atoms with Crippen LogP contribution in [0.25, 0.3) is 0 Å². The predicted molar refractivity (Wildman–Crippen MR) is 90.9 cm³/mol. The fourth-order valence-corrected chi connectivity index (χ4v) is 2.99. The Bertz CT molecular complexity index is 718. The van der Waals surface area contributed by atoms with Gasteiger partial charge >= 0.3 is 6.03 Å². The molecule has 1 fully saturated rings. The topological polar surface area (TPSA) is 93.4 Å². The first-order valence-electron chi connectivity index (χ1n) is 8.48. The van der Waals surface area contributed by atoms with E-state index in [1.165, 1.54) is 0 Å². The number of anilines is 1. The average molecular weight is 345 g/mol. The zero-order chi connectivity index (χ0) is 17.6. The van der Waals surface area contributed by atoms with Gasteiger partial charge in [-0.15, -0.1) is 0 Å². The molecular weight excluding hydrogens is 322 g/mol. The third kappa shape index (κ3) is 4.14. The highest BCUT2D eigenvalue weighted by Gasteiger charge is 2.30. The van der Waals surface area contributed by atoms with Crippen LogP contribution >= 0.6 is 0 Å². The van der Waals surface area contributed by atoms with E-state index >= 15 is 0 Å². The van der Waals surface area contributed by atoms with E-state index in [9.17, 15) is 4.79 Å². The summed E-state index contributed by atoms with van der Waals surface area (Å²) in [5, 5.41) is 7.01. The van der Waals surface area contributed by atoms with Crippen molar-refractivity contribution in [3.63, 3.8) is 0 Å². The Balaban J connectivity index is 1.79. The molecule has 0 radical (unpaired) electrons. The molecule has 3 heterocycles. The third-order valence-electron chi connectivity index (χ3n) is 4.34. The van der Waals surface area contributed by atoms with Crippen LogP contribution in [-0.4, -0.2) is 39.7 Å². The number of aromatic nitrogens is 3. The molecule has 2 aromatic rings. The summed E-state index contributed by atoms with van der Waals surface area (Å²) in [6.07, 6.45) is 7.23. The highest BCUT2D eigenvalue weighted by atomic mass is 16.5. The molecule has 3 rings (SSSR count). The first-order valence-corrected chi connectivity index (χ1v) is 8.48. The summed E-state index contributed by atoms with van der Waals surface area (Å²) in [7, 11) is 1.57. The molecule has 1 N–H and O–H groups in total. The molecule has 0 aromatic carbocycles. The highest BCUT2D eigenvalue weighted by molar-refractivity contribution is 5.90. The number of ether oxygens (including phenoxy) is 1. The second-order valence-electron chi connectivity index (χ2n) is 6.16. The maximum absolute atomic E-state index is 12.9. The minimum absolute atomic E-state index is 0.166. The summed E-state index contributed by atoms with van der Waals surface area (Å²) >= 11 is 0. The second-order valence-corrected chi connectivity index (χ2v) is 6.16. The fraction of sp³-hybridized carbons (Fsp3) is 0.529. The number of nitrogens with zero attached hydrogens (tertiary/aromatic N) is 4. The lowest BCUT2D eigenvalue weighted by atomic mass is 10.1. The van der Waals surface area contributed by atoms with Crippen LogP contribution in [0.2, 0.25) is 0 Å². The largest absolute Gasteiger partial charge is 0.375 e. The zero-order valence-corrected chi connectivity index (χ0v) is 14.6. The summed E-state index contributed by atoms with van der Waals surface area (Å²) in [4.78, 5) is 23.1. The molecule has 8 nitrogen and oxygen atoms in total. The molecule has 1 atom stereocenters. The predicted octanol–water partition coefficient (Wildman–Crippen LogP) is 3.07. The fourth-order valence-electron chi connectivity index (χ4n) is 2.99. The van der Waals surface area contributed by atoms with Crippen LogP contribution in [0, 0.1) is 6.92 Å². The van der Waals surface area contributed by atoms with E-state index in [1.807, 2.05) is 13.0 Å². The molecule has 0 spiro atoms. The molecule has 25 heavy (non-hydrogen) atoms. The number of aryl methyl sites for hydroxylation is 1. The maximum Gasteiger partial charge on any atom is 0.322 e. The van der Waals surface area contributed by atoms with Crippen molar-refractivity contribution in [1.82, 2.24) is 20.0 Å². The van der Waals surface area contributed by atoms with Crippen molar-refractivity contribution >= 4 is 11.7 Å². The number of nitrogens with one attached hydrogen (secondary N) is 1. The molecule has 1 aliphatic heterocycles. The van der Waals surface area contributed by atoms with Gasteiger partial charge in [-0.25, -0.2) is 4.79 Å². The minimum Gasteiger partial charge on any atom is -0.375 e. The van der Waals surface area contributed by atoms with Gasteiger partial charge in [0.2, 0.25) is 0 Å². The molecule has 0 unspecified atom stereocenters. The lowest BCUT2D eigenvalue weighted by molar-refractivity contribution is 0.151. The summed E-state index contributed by atoms with van der Waals surface area (Å²) < 4.78 is 10.2. The number of amides is 2. The van der Waals surface area contributed by atoms with Crippen molar-refractivity contribution in [1.29, 1.82) is 0 Å². The summed E-state index contributed by atoms with van der Waals surface area (Å²) in [5.74, 6) is 0.956. The van der Waals surface area contributed by atoms with E-state index < -0.39 is 0 Å². The van der Waals surface area contributed by atoms with Gasteiger partial charge in [-0.3, -0.25) is 4.98 Å². The van der Waals surface area contributed by atoms with E-state index in [0.29, 0.717) is 23.9 Å². The molecule has 8 heteroatoms. The first-order chi connectivity index (χ1) is 12.2. The lowest BCUT2D eigenvalue weighted by Gasteiger charge is -2.28. The number of pyridine rings is 1. The van der Waals surface area contributed by atoms with Gasteiger partial charge in [-0.05, 0) is 31.4 Å².